The third kappa shape index (κ3) is 4.12. The number of fused-ring (bicyclic) bond motifs is 9. The van der Waals surface area contributed by atoms with E-state index in [1.165, 1.54) is 33.9 Å². The molecule has 0 aliphatic heterocycles. The third-order valence-corrected chi connectivity index (χ3v) is 10.4. The van der Waals surface area contributed by atoms with Crippen molar-refractivity contribution in [2.45, 2.75) is 0 Å². The Bertz CT molecular complexity index is 3200. The second kappa shape index (κ2) is 10.8. The molecule has 0 amide bonds. The second-order valence-electron chi connectivity index (χ2n) is 13.2. The van der Waals surface area contributed by atoms with E-state index in [1.807, 2.05) is 0 Å². The van der Waals surface area contributed by atoms with E-state index in [1.54, 1.807) is 0 Å². The minimum atomic E-state index is 0.161. The fourth-order valence-corrected chi connectivity index (χ4v) is 8.25. The molecule has 0 aliphatic carbocycles. The van der Waals surface area contributed by atoms with Gasteiger partial charge < -0.3 is 13.7 Å². The standard InChI is InChI=1S/C48H31N3/c1-2-14-32(15-3-1)33-28-35(50-45-23-11-6-18-39(45)40-19-7-12-24-46(40)50)30-36(29-33)51-47-25-13-8-20-41(47)42-31-34(26-27-48(42)51)49-43-21-9-4-16-37(43)38-17-5-10-22-44(38)49/h1-31H/i1D,14D,15D. The highest BCUT2D eigenvalue weighted by atomic mass is 15.0. The van der Waals surface area contributed by atoms with Crippen LogP contribution in [0.15, 0.2) is 188 Å². The average molecular weight is 653 g/mol. The zero-order valence-corrected chi connectivity index (χ0v) is 27.5. The molecule has 3 nitrogen and oxygen atoms in total. The fraction of sp³-hybridized carbons (Fsp3) is 0. The summed E-state index contributed by atoms with van der Waals surface area (Å²) in [5, 5.41) is 7.05. The van der Waals surface area contributed by atoms with Crippen molar-refractivity contribution < 1.29 is 4.11 Å². The van der Waals surface area contributed by atoms with Gasteiger partial charge in [-0.25, -0.2) is 0 Å². The van der Waals surface area contributed by atoms with Gasteiger partial charge in [0.2, 0.25) is 0 Å². The van der Waals surface area contributed by atoms with Gasteiger partial charge in [-0.1, -0.05) is 121 Å². The Labute approximate surface area is 298 Å². The van der Waals surface area contributed by atoms with Gasteiger partial charge >= 0.3 is 0 Å². The van der Waals surface area contributed by atoms with Crippen molar-refractivity contribution in [1.29, 1.82) is 0 Å². The molecule has 11 aromatic rings. The molecule has 8 aromatic carbocycles. The molecule has 0 fully saturated rings. The van der Waals surface area contributed by atoms with Crippen LogP contribution in [-0.2, 0) is 0 Å². The van der Waals surface area contributed by atoms with Crippen LogP contribution in [0.1, 0.15) is 4.11 Å². The zero-order chi connectivity index (χ0) is 36.1. The van der Waals surface area contributed by atoms with E-state index in [9.17, 15) is 0 Å². The Hall–Kier alpha value is -6.84. The average Bonchev–Trinajstić information content (AvgIpc) is 3.83. The van der Waals surface area contributed by atoms with Gasteiger partial charge in [0, 0.05) is 49.4 Å². The molecule has 3 heterocycles. The van der Waals surface area contributed by atoms with Crippen LogP contribution in [0, 0.1) is 0 Å². The van der Waals surface area contributed by atoms with Gasteiger partial charge in [0.25, 0.3) is 0 Å². The van der Waals surface area contributed by atoms with Crippen LogP contribution < -0.4 is 0 Å². The summed E-state index contributed by atoms with van der Waals surface area (Å²) in [5.74, 6) is 0. The molecule has 0 saturated carbocycles. The van der Waals surface area contributed by atoms with Crippen LogP contribution in [-0.4, -0.2) is 13.7 Å². The van der Waals surface area contributed by atoms with Crippen molar-refractivity contribution in [3.8, 4) is 28.2 Å². The Morgan fingerprint density at radius 1 is 0.294 bits per heavy atom. The number of nitrogens with zero attached hydrogens (tertiary/aromatic N) is 3. The minimum Gasteiger partial charge on any atom is -0.309 e. The molecule has 0 N–H and O–H groups in total. The van der Waals surface area contributed by atoms with Crippen molar-refractivity contribution in [3.63, 3.8) is 0 Å². The summed E-state index contributed by atoms with van der Waals surface area (Å²) in [7, 11) is 0. The number of hydrogen-bond donors (Lipinski definition) is 0. The smallest absolute Gasteiger partial charge is 0.0629 e. The predicted molar refractivity (Wildman–Crippen MR) is 215 cm³/mol. The summed E-state index contributed by atoms with van der Waals surface area (Å²) in [6.07, 6.45) is 0. The van der Waals surface area contributed by atoms with E-state index in [0.29, 0.717) is 5.56 Å². The zero-order valence-electron chi connectivity index (χ0n) is 30.5. The lowest BCUT2D eigenvalue weighted by molar-refractivity contribution is 1.13. The summed E-state index contributed by atoms with van der Waals surface area (Å²) < 4.78 is 33.1. The molecule has 238 valence electrons. The SMILES string of the molecule is [2H]c1cc([2H])c(-c2cc(-n3c4ccccc4c4ccccc43)cc(-n3c4ccccc4c4cc(-n5c6ccccc6c6ccccc65)ccc43)c2)c([2H])c1. The number of para-hydroxylation sites is 5. The van der Waals surface area contributed by atoms with Crippen LogP contribution in [0.25, 0.3) is 93.6 Å². The molecule has 51 heavy (non-hydrogen) atoms. The molecule has 0 saturated heterocycles. The van der Waals surface area contributed by atoms with Crippen LogP contribution in [0.2, 0.25) is 0 Å². The molecule has 0 bridgehead atoms. The van der Waals surface area contributed by atoms with Crippen LogP contribution in [0.3, 0.4) is 0 Å². The molecule has 0 radical (unpaired) electrons. The predicted octanol–water partition coefficient (Wildman–Crippen LogP) is 12.6. The first-order chi connectivity index (χ1) is 26.5. The van der Waals surface area contributed by atoms with Gasteiger partial charge in [0.1, 0.15) is 0 Å². The highest BCUT2D eigenvalue weighted by Gasteiger charge is 2.19. The summed E-state index contributed by atoms with van der Waals surface area (Å²) in [4.78, 5) is 0. The van der Waals surface area contributed by atoms with Crippen LogP contribution in [0.5, 0.6) is 0 Å². The first-order valence-corrected chi connectivity index (χ1v) is 17.3. The van der Waals surface area contributed by atoms with Gasteiger partial charge in [0.15, 0.2) is 0 Å². The third-order valence-electron chi connectivity index (χ3n) is 10.4. The van der Waals surface area contributed by atoms with E-state index >= 15 is 0 Å². The van der Waals surface area contributed by atoms with Crippen molar-refractivity contribution in [2.75, 3.05) is 0 Å². The molecule has 11 rings (SSSR count). The highest BCUT2D eigenvalue weighted by molar-refractivity contribution is 6.13. The fourth-order valence-electron chi connectivity index (χ4n) is 8.25. The molecular weight excluding hydrogens is 619 g/mol. The molecular formula is C48H31N3. The number of hydrogen-bond acceptors (Lipinski definition) is 0. The second-order valence-corrected chi connectivity index (χ2v) is 13.2. The van der Waals surface area contributed by atoms with Crippen LogP contribution >= 0.6 is 0 Å². The molecule has 0 unspecified atom stereocenters. The maximum absolute atomic E-state index is 8.96. The lowest BCUT2D eigenvalue weighted by Gasteiger charge is -2.16. The molecule has 3 aromatic heterocycles. The summed E-state index contributed by atoms with van der Waals surface area (Å²) in [5.41, 5.74) is 10.8. The van der Waals surface area contributed by atoms with Gasteiger partial charge in [-0.2, -0.15) is 0 Å². The molecule has 0 aliphatic rings. The molecule has 0 spiro atoms. The van der Waals surface area contributed by atoms with Gasteiger partial charge in [-0.3, -0.25) is 0 Å². The van der Waals surface area contributed by atoms with Gasteiger partial charge in [0.05, 0.1) is 37.2 Å². The number of benzene rings is 8. The largest absolute Gasteiger partial charge is 0.309 e. The quantitative estimate of drug-likeness (QED) is 0.180. The lowest BCUT2D eigenvalue weighted by atomic mass is 10.0. The monoisotopic (exact) mass is 652 g/mol. The highest BCUT2D eigenvalue weighted by Crippen LogP contribution is 2.39. The topological polar surface area (TPSA) is 14.8 Å². The lowest BCUT2D eigenvalue weighted by Crippen LogP contribution is -2.00. The Balaban J connectivity index is 1.22. The van der Waals surface area contributed by atoms with E-state index in [4.69, 9.17) is 4.11 Å². The van der Waals surface area contributed by atoms with E-state index < -0.39 is 0 Å². The Morgan fingerprint density at radius 3 is 1.12 bits per heavy atom. The molecule has 3 heteroatoms. The van der Waals surface area contributed by atoms with Crippen LogP contribution in [0.4, 0.5) is 0 Å². The van der Waals surface area contributed by atoms with Crippen molar-refractivity contribution in [2.24, 2.45) is 0 Å². The summed E-state index contributed by atoms with van der Waals surface area (Å²) in [6, 6.07) is 59.4. The van der Waals surface area contributed by atoms with Crippen molar-refractivity contribution >= 4 is 65.4 Å². The Kier molecular flexibility index (Phi) is 5.35. The number of rotatable bonds is 4. The first-order valence-electron chi connectivity index (χ1n) is 18.8. The first kappa shape index (κ1) is 25.2. The maximum Gasteiger partial charge on any atom is 0.0629 e. The summed E-state index contributed by atoms with van der Waals surface area (Å²) in [6.45, 7) is 0. The van der Waals surface area contributed by atoms with Crippen molar-refractivity contribution in [1.82, 2.24) is 13.7 Å². The minimum absolute atomic E-state index is 0.161. The normalized spacial score (nSPS) is 12.7. The van der Waals surface area contributed by atoms with E-state index in [0.717, 1.165) is 66.2 Å². The number of aromatic nitrogens is 3. The molecule has 0 atom stereocenters. The van der Waals surface area contributed by atoms with Crippen molar-refractivity contribution in [3.05, 3.63) is 188 Å². The Morgan fingerprint density at radius 2 is 0.667 bits per heavy atom. The van der Waals surface area contributed by atoms with E-state index in [-0.39, 0.29) is 18.1 Å². The van der Waals surface area contributed by atoms with Gasteiger partial charge in [-0.15, -0.1) is 0 Å². The summed E-state index contributed by atoms with van der Waals surface area (Å²) >= 11 is 0. The van der Waals surface area contributed by atoms with E-state index in [2.05, 4.69) is 171 Å². The van der Waals surface area contributed by atoms with Gasteiger partial charge in [-0.05, 0) is 77.9 Å². The maximum atomic E-state index is 8.96.